The third-order valence-electron chi connectivity index (χ3n) is 1.54. The minimum absolute atomic E-state index is 0.114. The number of nitrogens with zero attached hydrogens (tertiary/aromatic N) is 1. The summed E-state index contributed by atoms with van der Waals surface area (Å²) < 4.78 is 1.39. The molecule has 0 unspecified atom stereocenters. The number of anilines is 1. The van der Waals surface area contributed by atoms with Crippen molar-refractivity contribution in [1.82, 2.24) is 4.57 Å². The summed E-state index contributed by atoms with van der Waals surface area (Å²) in [5.74, 6) is -0.293. The molecular weight excluding hydrogens is 168 g/mol. The molecule has 1 heterocycles. The van der Waals surface area contributed by atoms with Gasteiger partial charge in [-0.3, -0.25) is 9.59 Å². The fourth-order valence-electron chi connectivity index (χ4n) is 0.861. The van der Waals surface area contributed by atoms with Crippen LogP contribution in [0.5, 0.6) is 0 Å². The van der Waals surface area contributed by atoms with Crippen LogP contribution in [0.1, 0.15) is 0 Å². The zero-order valence-electron chi connectivity index (χ0n) is 7.28. The Hall–Kier alpha value is -1.84. The largest absolute Gasteiger partial charge is 0.321 e. The van der Waals surface area contributed by atoms with Crippen LogP contribution in [0.4, 0.5) is 5.69 Å². The van der Waals surface area contributed by atoms with Gasteiger partial charge < -0.3 is 9.88 Å². The Labute approximate surface area is 75.5 Å². The number of hydrogen-bond acceptors (Lipinski definition) is 2. The van der Waals surface area contributed by atoms with Crippen molar-refractivity contribution < 1.29 is 4.79 Å². The monoisotopic (exact) mass is 178 g/mol. The van der Waals surface area contributed by atoms with Gasteiger partial charge in [0, 0.05) is 19.3 Å². The first-order chi connectivity index (χ1) is 6.13. The van der Waals surface area contributed by atoms with Crippen LogP contribution >= 0.6 is 0 Å². The fraction of sp³-hybridized carbons (Fsp3) is 0.111. The van der Waals surface area contributed by atoms with Crippen molar-refractivity contribution >= 4 is 11.6 Å². The normalized spacial score (nSPS) is 9.31. The molecule has 0 saturated carbocycles. The Balaban J connectivity index is 2.91. The van der Waals surface area contributed by atoms with Crippen molar-refractivity contribution in [3.63, 3.8) is 0 Å². The van der Waals surface area contributed by atoms with Gasteiger partial charge in [-0.05, 0) is 12.1 Å². The number of amides is 1. The van der Waals surface area contributed by atoms with E-state index < -0.39 is 0 Å². The molecule has 1 rings (SSSR count). The van der Waals surface area contributed by atoms with Crippen molar-refractivity contribution in [3.05, 3.63) is 41.3 Å². The zero-order valence-corrected chi connectivity index (χ0v) is 7.28. The van der Waals surface area contributed by atoms with Gasteiger partial charge in [0.25, 0.3) is 0 Å². The number of rotatable bonds is 2. The maximum absolute atomic E-state index is 11.0. The number of aromatic nitrogens is 1. The van der Waals surface area contributed by atoms with Gasteiger partial charge in [-0.25, -0.2) is 0 Å². The first-order valence-electron chi connectivity index (χ1n) is 3.73. The second-order valence-electron chi connectivity index (χ2n) is 2.56. The molecule has 0 fully saturated rings. The van der Waals surface area contributed by atoms with Gasteiger partial charge in [0.15, 0.2) is 0 Å². The summed E-state index contributed by atoms with van der Waals surface area (Å²) in [7, 11) is 1.62. The van der Waals surface area contributed by atoms with Crippen LogP contribution in [0.3, 0.4) is 0 Å². The Morgan fingerprint density at radius 2 is 2.31 bits per heavy atom. The van der Waals surface area contributed by atoms with Crippen LogP contribution in [0, 0.1) is 0 Å². The average molecular weight is 178 g/mol. The highest BCUT2D eigenvalue weighted by molar-refractivity contribution is 5.98. The zero-order chi connectivity index (χ0) is 9.84. The lowest BCUT2D eigenvalue weighted by Crippen LogP contribution is -2.16. The number of carbonyl (C=O) groups excluding carboxylic acids is 1. The molecule has 0 aliphatic heterocycles. The third-order valence-corrected chi connectivity index (χ3v) is 1.54. The smallest absolute Gasteiger partial charge is 0.250 e. The number of nitrogens with one attached hydrogen (secondary N) is 1. The van der Waals surface area contributed by atoms with E-state index in [1.807, 2.05) is 0 Å². The number of pyridine rings is 1. The molecule has 1 aromatic heterocycles. The van der Waals surface area contributed by atoms with Crippen LogP contribution in [0.25, 0.3) is 0 Å². The van der Waals surface area contributed by atoms with Gasteiger partial charge >= 0.3 is 0 Å². The molecule has 0 aliphatic rings. The molecule has 0 atom stereocenters. The Bertz CT molecular complexity index is 393. The van der Waals surface area contributed by atoms with E-state index in [1.165, 1.54) is 16.7 Å². The predicted octanol–water partition coefficient (Wildman–Crippen LogP) is 0.510. The van der Waals surface area contributed by atoms with Gasteiger partial charge in [0.05, 0.1) is 5.69 Å². The SMILES string of the molecule is C=CC(=O)Nc1ccc(=O)n(C)c1. The van der Waals surface area contributed by atoms with Gasteiger partial charge in [0.2, 0.25) is 11.5 Å². The van der Waals surface area contributed by atoms with Crippen molar-refractivity contribution in [2.45, 2.75) is 0 Å². The summed E-state index contributed by atoms with van der Waals surface area (Å²) in [5, 5.41) is 2.54. The fourth-order valence-corrected chi connectivity index (χ4v) is 0.861. The van der Waals surface area contributed by atoms with Crippen LogP contribution in [-0.2, 0) is 11.8 Å². The summed E-state index contributed by atoms with van der Waals surface area (Å²) in [6.45, 7) is 3.32. The Kier molecular flexibility index (Phi) is 2.64. The number of carbonyl (C=O) groups is 1. The molecule has 1 aromatic rings. The van der Waals surface area contributed by atoms with Crippen molar-refractivity contribution in [2.24, 2.45) is 7.05 Å². The summed E-state index contributed by atoms with van der Waals surface area (Å²) in [6.07, 6.45) is 2.72. The molecule has 68 valence electrons. The van der Waals surface area contributed by atoms with Gasteiger partial charge in [0.1, 0.15) is 0 Å². The highest BCUT2D eigenvalue weighted by Crippen LogP contribution is 2.01. The Morgan fingerprint density at radius 3 is 2.85 bits per heavy atom. The summed E-state index contributed by atoms with van der Waals surface area (Å²) >= 11 is 0. The van der Waals surface area contributed by atoms with Crippen molar-refractivity contribution in [3.8, 4) is 0 Å². The van der Waals surface area contributed by atoms with E-state index >= 15 is 0 Å². The number of aryl methyl sites for hydroxylation is 1. The summed E-state index contributed by atoms with van der Waals surface area (Å²) in [4.78, 5) is 21.8. The van der Waals surface area contributed by atoms with E-state index in [1.54, 1.807) is 19.3 Å². The molecule has 0 radical (unpaired) electrons. The molecule has 0 spiro atoms. The van der Waals surface area contributed by atoms with Gasteiger partial charge in [-0.1, -0.05) is 6.58 Å². The maximum atomic E-state index is 11.0. The highest BCUT2D eigenvalue weighted by Gasteiger charge is 1.97. The molecular formula is C9H10N2O2. The molecule has 0 aliphatic carbocycles. The van der Waals surface area contributed by atoms with Crippen LogP contribution in [0.15, 0.2) is 35.8 Å². The lowest BCUT2D eigenvalue weighted by Gasteiger charge is -2.02. The lowest BCUT2D eigenvalue weighted by atomic mass is 10.4. The molecule has 0 bridgehead atoms. The van der Waals surface area contributed by atoms with E-state index in [9.17, 15) is 9.59 Å². The van der Waals surface area contributed by atoms with E-state index in [-0.39, 0.29) is 11.5 Å². The van der Waals surface area contributed by atoms with Crippen molar-refractivity contribution in [2.75, 3.05) is 5.32 Å². The molecule has 0 saturated heterocycles. The standard InChI is InChI=1S/C9H10N2O2/c1-3-8(12)10-7-4-5-9(13)11(2)6-7/h3-6H,1H2,2H3,(H,10,12). The topological polar surface area (TPSA) is 51.1 Å². The van der Waals surface area contributed by atoms with Gasteiger partial charge in [-0.15, -0.1) is 0 Å². The molecule has 4 heteroatoms. The molecule has 1 amide bonds. The predicted molar refractivity (Wildman–Crippen MR) is 50.5 cm³/mol. The quantitative estimate of drug-likeness (QED) is 0.671. The summed E-state index contributed by atoms with van der Waals surface area (Å²) in [5.41, 5.74) is 0.462. The first kappa shape index (κ1) is 9.25. The van der Waals surface area contributed by atoms with Gasteiger partial charge in [-0.2, -0.15) is 0 Å². The Morgan fingerprint density at radius 1 is 1.62 bits per heavy atom. The summed E-state index contributed by atoms with van der Waals surface area (Å²) in [6, 6.07) is 2.93. The van der Waals surface area contributed by atoms with Crippen molar-refractivity contribution in [1.29, 1.82) is 0 Å². The minimum Gasteiger partial charge on any atom is -0.321 e. The second kappa shape index (κ2) is 3.71. The highest BCUT2D eigenvalue weighted by atomic mass is 16.1. The van der Waals surface area contributed by atoms with Crippen LogP contribution in [0.2, 0.25) is 0 Å². The maximum Gasteiger partial charge on any atom is 0.250 e. The molecule has 13 heavy (non-hydrogen) atoms. The van der Waals surface area contributed by atoms with E-state index in [2.05, 4.69) is 11.9 Å². The first-order valence-corrected chi connectivity index (χ1v) is 3.73. The number of hydrogen-bond donors (Lipinski definition) is 1. The molecule has 0 aromatic carbocycles. The lowest BCUT2D eigenvalue weighted by molar-refractivity contribution is -0.111. The van der Waals surface area contributed by atoms with E-state index in [0.29, 0.717) is 5.69 Å². The van der Waals surface area contributed by atoms with Crippen LogP contribution < -0.4 is 10.9 Å². The molecule has 4 nitrogen and oxygen atoms in total. The van der Waals surface area contributed by atoms with Crippen LogP contribution in [-0.4, -0.2) is 10.5 Å². The average Bonchev–Trinajstić information content (AvgIpc) is 2.11. The third kappa shape index (κ3) is 2.30. The van der Waals surface area contributed by atoms with E-state index in [0.717, 1.165) is 0 Å². The molecule has 1 N–H and O–H groups in total. The minimum atomic E-state index is -0.293. The van der Waals surface area contributed by atoms with E-state index in [4.69, 9.17) is 0 Å². The second-order valence-corrected chi connectivity index (χ2v) is 2.56.